The van der Waals surface area contributed by atoms with Crippen molar-refractivity contribution in [1.29, 1.82) is 0 Å². The SMILES string of the molecule is C[C@H]1[C@@H](NC(=O)COC(=O)CSc2ccc3ccccc3c2)CCC[C@@H]1C. The van der Waals surface area contributed by atoms with Crippen LogP contribution in [0.4, 0.5) is 0 Å². The molecule has 5 heteroatoms. The molecule has 3 atom stereocenters. The van der Waals surface area contributed by atoms with Gasteiger partial charge in [-0.05, 0) is 41.2 Å². The van der Waals surface area contributed by atoms with Crippen LogP contribution < -0.4 is 5.32 Å². The van der Waals surface area contributed by atoms with Gasteiger partial charge >= 0.3 is 5.97 Å². The van der Waals surface area contributed by atoms with Crippen molar-refractivity contribution in [2.75, 3.05) is 12.4 Å². The van der Waals surface area contributed by atoms with Crippen molar-refractivity contribution in [1.82, 2.24) is 5.32 Å². The molecule has 1 saturated carbocycles. The maximum Gasteiger partial charge on any atom is 0.316 e. The first kappa shape index (κ1) is 19.7. The number of amides is 1. The fourth-order valence-corrected chi connectivity index (χ4v) is 4.36. The number of hydrogen-bond donors (Lipinski definition) is 1. The second kappa shape index (κ2) is 9.27. The summed E-state index contributed by atoms with van der Waals surface area (Å²) in [5.41, 5.74) is 0. The van der Waals surface area contributed by atoms with Gasteiger partial charge in [0.25, 0.3) is 5.91 Å². The molecule has 0 aromatic heterocycles. The van der Waals surface area contributed by atoms with E-state index < -0.39 is 0 Å². The summed E-state index contributed by atoms with van der Waals surface area (Å²) in [6.07, 6.45) is 3.36. The number of carbonyl (C=O) groups excluding carboxylic acids is 2. The van der Waals surface area contributed by atoms with Gasteiger partial charge in [-0.2, -0.15) is 0 Å². The largest absolute Gasteiger partial charge is 0.455 e. The molecule has 1 N–H and O–H groups in total. The van der Waals surface area contributed by atoms with E-state index >= 15 is 0 Å². The summed E-state index contributed by atoms with van der Waals surface area (Å²) in [6, 6.07) is 14.4. The average Bonchev–Trinajstić information content (AvgIpc) is 2.68. The van der Waals surface area contributed by atoms with Crippen LogP contribution in [-0.4, -0.2) is 30.3 Å². The number of benzene rings is 2. The first-order valence-corrected chi connectivity index (χ1v) is 10.6. The van der Waals surface area contributed by atoms with E-state index in [9.17, 15) is 9.59 Å². The molecular weight excluding hydrogens is 358 g/mol. The van der Waals surface area contributed by atoms with E-state index in [1.165, 1.54) is 23.6 Å². The fourth-order valence-electron chi connectivity index (χ4n) is 3.62. The highest BCUT2D eigenvalue weighted by Crippen LogP contribution is 2.29. The van der Waals surface area contributed by atoms with Gasteiger partial charge in [0, 0.05) is 10.9 Å². The second-order valence-corrected chi connectivity index (χ2v) is 8.45. The standard InChI is InChI=1S/C22H27NO3S/c1-15-6-5-9-20(16(15)2)23-21(24)13-26-22(25)14-27-19-11-10-17-7-3-4-8-18(17)12-19/h3-4,7-8,10-12,15-16,20H,5-6,9,13-14H2,1-2H3,(H,23,24)/t15-,16+,20-/m0/s1. The maximum atomic E-state index is 12.1. The second-order valence-electron chi connectivity index (χ2n) is 7.40. The van der Waals surface area contributed by atoms with Gasteiger partial charge in [0.05, 0.1) is 5.75 Å². The lowest BCUT2D eigenvalue weighted by molar-refractivity contribution is -0.146. The van der Waals surface area contributed by atoms with Gasteiger partial charge in [-0.1, -0.05) is 57.0 Å². The van der Waals surface area contributed by atoms with Crippen molar-refractivity contribution in [2.45, 2.75) is 44.0 Å². The maximum absolute atomic E-state index is 12.1. The lowest BCUT2D eigenvalue weighted by atomic mass is 9.78. The Morgan fingerprint density at radius 2 is 1.89 bits per heavy atom. The lowest BCUT2D eigenvalue weighted by Crippen LogP contribution is -2.45. The first-order chi connectivity index (χ1) is 13.0. The molecule has 27 heavy (non-hydrogen) atoms. The number of rotatable bonds is 6. The first-order valence-electron chi connectivity index (χ1n) is 9.59. The fraction of sp³-hybridized carbons (Fsp3) is 0.455. The monoisotopic (exact) mass is 385 g/mol. The van der Waals surface area contributed by atoms with Gasteiger partial charge in [0.1, 0.15) is 0 Å². The molecule has 2 aromatic rings. The summed E-state index contributed by atoms with van der Waals surface area (Å²) in [5, 5.41) is 5.34. The van der Waals surface area contributed by atoms with Crippen LogP contribution >= 0.6 is 11.8 Å². The van der Waals surface area contributed by atoms with Crippen LogP contribution in [0.2, 0.25) is 0 Å². The Morgan fingerprint density at radius 1 is 1.11 bits per heavy atom. The topological polar surface area (TPSA) is 55.4 Å². The van der Waals surface area contributed by atoms with Gasteiger partial charge in [-0.15, -0.1) is 11.8 Å². The minimum atomic E-state index is -0.367. The highest BCUT2D eigenvalue weighted by Gasteiger charge is 2.28. The summed E-state index contributed by atoms with van der Waals surface area (Å²) >= 11 is 1.43. The third-order valence-corrected chi connectivity index (χ3v) is 6.46. The van der Waals surface area contributed by atoms with Crippen LogP contribution in [0.25, 0.3) is 10.8 Å². The van der Waals surface area contributed by atoms with Crippen molar-refractivity contribution in [3.05, 3.63) is 42.5 Å². The molecule has 144 valence electrons. The number of hydrogen-bond acceptors (Lipinski definition) is 4. The number of fused-ring (bicyclic) bond motifs is 1. The number of carbonyl (C=O) groups is 2. The van der Waals surface area contributed by atoms with Crippen molar-refractivity contribution in [3.63, 3.8) is 0 Å². The Bertz CT molecular complexity index is 807. The van der Waals surface area contributed by atoms with E-state index in [0.29, 0.717) is 11.8 Å². The third kappa shape index (κ3) is 5.48. The normalized spacial score (nSPS) is 22.4. The minimum absolute atomic E-state index is 0.187. The molecule has 3 rings (SSSR count). The molecule has 1 aliphatic carbocycles. The predicted molar refractivity (Wildman–Crippen MR) is 110 cm³/mol. The van der Waals surface area contributed by atoms with Gasteiger partial charge in [-0.3, -0.25) is 9.59 Å². The Morgan fingerprint density at radius 3 is 2.70 bits per heavy atom. The summed E-state index contributed by atoms with van der Waals surface area (Å²) in [6.45, 7) is 4.21. The van der Waals surface area contributed by atoms with Gasteiger partial charge < -0.3 is 10.1 Å². The highest BCUT2D eigenvalue weighted by atomic mass is 32.2. The van der Waals surface area contributed by atoms with Crippen LogP contribution in [0.5, 0.6) is 0 Å². The summed E-state index contributed by atoms with van der Waals surface area (Å²) in [5.74, 6) is 0.702. The molecule has 1 amide bonds. The van der Waals surface area contributed by atoms with Crippen molar-refractivity contribution in [2.24, 2.45) is 11.8 Å². The van der Waals surface area contributed by atoms with Gasteiger partial charge in [0.2, 0.25) is 0 Å². The number of nitrogens with one attached hydrogen (secondary N) is 1. The smallest absolute Gasteiger partial charge is 0.316 e. The average molecular weight is 386 g/mol. The zero-order chi connectivity index (χ0) is 19.2. The zero-order valence-corrected chi connectivity index (χ0v) is 16.8. The predicted octanol–water partition coefficient (Wildman–Crippen LogP) is 4.42. The van der Waals surface area contributed by atoms with Crippen LogP contribution in [-0.2, 0) is 14.3 Å². The molecule has 0 aliphatic heterocycles. The highest BCUT2D eigenvalue weighted by molar-refractivity contribution is 8.00. The Kier molecular flexibility index (Phi) is 6.78. The third-order valence-electron chi connectivity index (χ3n) is 5.50. The van der Waals surface area contributed by atoms with E-state index in [4.69, 9.17) is 4.74 Å². The van der Waals surface area contributed by atoms with E-state index in [0.717, 1.165) is 23.1 Å². The molecule has 0 bridgehead atoms. The van der Waals surface area contributed by atoms with E-state index in [1.807, 2.05) is 24.3 Å². The molecule has 0 spiro atoms. The van der Waals surface area contributed by atoms with E-state index in [-0.39, 0.29) is 30.3 Å². The molecule has 4 nitrogen and oxygen atoms in total. The van der Waals surface area contributed by atoms with Crippen LogP contribution in [0, 0.1) is 11.8 Å². The van der Waals surface area contributed by atoms with E-state index in [1.54, 1.807) is 0 Å². The summed E-state index contributed by atoms with van der Waals surface area (Å²) in [4.78, 5) is 25.1. The molecule has 0 heterocycles. The van der Waals surface area contributed by atoms with Crippen LogP contribution in [0.15, 0.2) is 47.4 Å². The molecule has 1 fully saturated rings. The summed E-state index contributed by atoms with van der Waals surface area (Å²) in [7, 11) is 0. The van der Waals surface area contributed by atoms with Crippen molar-refractivity contribution in [3.8, 4) is 0 Å². The lowest BCUT2D eigenvalue weighted by Gasteiger charge is -2.34. The van der Waals surface area contributed by atoms with Crippen LogP contribution in [0.1, 0.15) is 33.1 Å². The quantitative estimate of drug-likeness (QED) is 0.591. The van der Waals surface area contributed by atoms with Crippen molar-refractivity contribution < 1.29 is 14.3 Å². The Balaban J connectivity index is 1.41. The van der Waals surface area contributed by atoms with Gasteiger partial charge in [-0.25, -0.2) is 0 Å². The van der Waals surface area contributed by atoms with E-state index in [2.05, 4.69) is 37.4 Å². The molecule has 1 aliphatic rings. The van der Waals surface area contributed by atoms with Crippen LogP contribution in [0.3, 0.4) is 0 Å². The minimum Gasteiger partial charge on any atom is -0.455 e. The van der Waals surface area contributed by atoms with Gasteiger partial charge in [0.15, 0.2) is 6.61 Å². The number of ether oxygens (including phenoxy) is 1. The molecule has 0 radical (unpaired) electrons. The van der Waals surface area contributed by atoms with Crippen molar-refractivity contribution >= 4 is 34.4 Å². The molecule has 2 aromatic carbocycles. The Labute approximate surface area is 165 Å². The molecule has 0 saturated heterocycles. The Hall–Kier alpha value is -2.01. The summed E-state index contributed by atoms with van der Waals surface area (Å²) < 4.78 is 5.14. The number of esters is 1. The molecule has 0 unspecified atom stereocenters. The molecular formula is C22H27NO3S. The number of thioether (sulfide) groups is 1. The zero-order valence-electron chi connectivity index (χ0n) is 15.9.